The molecule has 1 fully saturated rings. The fraction of sp³-hybridized carbons (Fsp3) is 0.414. The molecule has 0 saturated carbocycles. The summed E-state index contributed by atoms with van der Waals surface area (Å²) >= 11 is 5.85. The first kappa shape index (κ1) is 30.8. The van der Waals surface area contributed by atoms with Crippen LogP contribution in [-0.4, -0.2) is 74.7 Å². The summed E-state index contributed by atoms with van der Waals surface area (Å²) in [4.78, 5) is 54.3. The molecule has 2 aromatic carbocycles. The summed E-state index contributed by atoms with van der Waals surface area (Å²) in [5, 5.41) is 7.38. The van der Waals surface area contributed by atoms with Crippen LogP contribution < -0.4 is 11.1 Å². The number of nitrogens with two attached hydrogens (primary N) is 1. The van der Waals surface area contributed by atoms with E-state index in [0.29, 0.717) is 36.8 Å². The SMILES string of the molecule is CC(C)(C)OC(=O)N1CCC(N(CC(=O)NCc2cccc(Cl)c2F)C(=O)Cn2nc(C(N)=O)c3ccccc32)CC1. The second-order valence-electron chi connectivity index (χ2n) is 11.1. The predicted octanol–water partition coefficient (Wildman–Crippen LogP) is 3.47. The van der Waals surface area contributed by atoms with Crippen molar-refractivity contribution in [2.24, 2.45) is 5.73 Å². The van der Waals surface area contributed by atoms with Gasteiger partial charge in [0.1, 0.15) is 18.0 Å². The summed E-state index contributed by atoms with van der Waals surface area (Å²) in [7, 11) is 0. The van der Waals surface area contributed by atoms with Crippen LogP contribution in [0.1, 0.15) is 49.7 Å². The van der Waals surface area contributed by atoms with E-state index in [2.05, 4.69) is 10.4 Å². The third kappa shape index (κ3) is 7.35. The molecule has 3 N–H and O–H groups in total. The zero-order valence-corrected chi connectivity index (χ0v) is 24.5. The number of carbonyl (C=O) groups is 4. The second-order valence-corrected chi connectivity index (χ2v) is 11.5. The number of para-hydroxylation sites is 1. The molecule has 1 aromatic heterocycles. The Balaban J connectivity index is 1.52. The van der Waals surface area contributed by atoms with Gasteiger partial charge in [-0.1, -0.05) is 41.9 Å². The highest BCUT2D eigenvalue weighted by atomic mass is 35.5. The van der Waals surface area contributed by atoms with Crippen molar-refractivity contribution < 1.29 is 28.3 Å². The summed E-state index contributed by atoms with van der Waals surface area (Å²) < 4.78 is 21.2. The van der Waals surface area contributed by atoms with Gasteiger partial charge in [0, 0.05) is 36.6 Å². The quantitative estimate of drug-likeness (QED) is 0.406. The van der Waals surface area contributed by atoms with E-state index in [1.807, 2.05) is 0 Å². The minimum atomic E-state index is -0.726. The highest BCUT2D eigenvalue weighted by Gasteiger charge is 2.33. The van der Waals surface area contributed by atoms with Crippen molar-refractivity contribution in [3.8, 4) is 0 Å². The molecule has 4 amide bonds. The van der Waals surface area contributed by atoms with E-state index in [4.69, 9.17) is 22.1 Å². The molecule has 13 heteroatoms. The van der Waals surface area contributed by atoms with E-state index >= 15 is 0 Å². The third-order valence-corrected chi connectivity index (χ3v) is 7.17. The Labute approximate surface area is 247 Å². The topological polar surface area (TPSA) is 140 Å². The van der Waals surface area contributed by atoms with Crippen LogP contribution >= 0.6 is 11.6 Å². The van der Waals surface area contributed by atoms with Gasteiger partial charge < -0.3 is 25.6 Å². The van der Waals surface area contributed by atoms with Crippen LogP contribution in [0.4, 0.5) is 9.18 Å². The fourth-order valence-corrected chi connectivity index (χ4v) is 5.04. The molecule has 0 spiro atoms. The Morgan fingerprint density at radius 2 is 1.81 bits per heavy atom. The summed E-state index contributed by atoms with van der Waals surface area (Å²) in [6, 6.07) is 11.0. The predicted molar refractivity (Wildman–Crippen MR) is 154 cm³/mol. The largest absolute Gasteiger partial charge is 0.444 e. The zero-order valence-electron chi connectivity index (χ0n) is 23.7. The number of nitrogens with zero attached hydrogens (tertiary/aromatic N) is 4. The van der Waals surface area contributed by atoms with Gasteiger partial charge in [0.25, 0.3) is 5.91 Å². The molecule has 1 aliphatic rings. The molecule has 11 nitrogen and oxygen atoms in total. The highest BCUT2D eigenvalue weighted by molar-refractivity contribution is 6.30. The number of piperidine rings is 1. The molecule has 4 rings (SSSR count). The van der Waals surface area contributed by atoms with Crippen LogP contribution in [0.3, 0.4) is 0 Å². The normalized spacial score (nSPS) is 14.1. The van der Waals surface area contributed by atoms with Gasteiger partial charge in [-0.2, -0.15) is 5.10 Å². The van der Waals surface area contributed by atoms with Gasteiger partial charge in [0.05, 0.1) is 17.1 Å². The third-order valence-electron chi connectivity index (χ3n) is 6.88. The number of carbonyl (C=O) groups excluding carboxylic acids is 4. The van der Waals surface area contributed by atoms with Crippen LogP contribution in [0.25, 0.3) is 10.9 Å². The molecule has 224 valence electrons. The van der Waals surface area contributed by atoms with Crippen molar-refractivity contribution in [1.29, 1.82) is 0 Å². The standard InChI is InChI=1S/C29H34ClFN6O5/c1-29(2,3)42-28(41)35-13-11-19(12-14-35)36(16-23(38)33-15-18-7-6-9-21(30)25(18)31)24(39)17-37-22-10-5-4-8-20(22)26(34-37)27(32)40/h4-10,19H,11-17H2,1-3H3,(H2,32,40)(H,33,38). The lowest BCUT2D eigenvalue weighted by atomic mass is 10.0. The first-order valence-corrected chi connectivity index (χ1v) is 13.9. The number of nitrogens with one attached hydrogen (secondary N) is 1. The fourth-order valence-electron chi connectivity index (χ4n) is 4.85. The zero-order chi connectivity index (χ0) is 30.6. The Kier molecular flexibility index (Phi) is 9.35. The molecule has 0 radical (unpaired) electrons. The Bertz CT molecular complexity index is 1500. The molecule has 1 saturated heterocycles. The molecule has 0 atom stereocenters. The summed E-state index contributed by atoms with van der Waals surface area (Å²) in [5.41, 5.74) is 5.65. The van der Waals surface area contributed by atoms with Crippen LogP contribution in [0.15, 0.2) is 42.5 Å². The molecule has 3 aromatic rings. The average molecular weight is 601 g/mol. The van der Waals surface area contributed by atoms with Gasteiger partial charge in [-0.15, -0.1) is 0 Å². The van der Waals surface area contributed by atoms with Crippen LogP contribution in [0.5, 0.6) is 0 Å². The lowest BCUT2D eigenvalue weighted by Gasteiger charge is -2.38. The van der Waals surface area contributed by atoms with Gasteiger partial charge in [0.15, 0.2) is 5.69 Å². The highest BCUT2D eigenvalue weighted by Crippen LogP contribution is 2.22. The van der Waals surface area contributed by atoms with Crippen LogP contribution in [0.2, 0.25) is 5.02 Å². The van der Waals surface area contributed by atoms with Crippen LogP contribution in [0, 0.1) is 5.82 Å². The summed E-state index contributed by atoms with van der Waals surface area (Å²) in [5.74, 6) is -2.27. The van der Waals surface area contributed by atoms with Gasteiger partial charge in [-0.3, -0.25) is 19.1 Å². The Morgan fingerprint density at radius 3 is 2.48 bits per heavy atom. The number of ether oxygens (including phenoxy) is 1. The number of hydrogen-bond donors (Lipinski definition) is 2. The molecular weight excluding hydrogens is 567 g/mol. The maximum absolute atomic E-state index is 14.3. The number of primary amides is 1. The molecule has 0 unspecified atom stereocenters. The molecule has 0 aliphatic carbocycles. The number of rotatable bonds is 8. The number of hydrogen-bond acceptors (Lipinski definition) is 6. The minimum Gasteiger partial charge on any atom is -0.444 e. The van der Waals surface area contributed by atoms with E-state index in [0.717, 1.165) is 0 Å². The summed E-state index contributed by atoms with van der Waals surface area (Å²) in [6.07, 6.45) is 0.378. The minimum absolute atomic E-state index is 0.0388. The Hall–Kier alpha value is -4.19. The molecule has 42 heavy (non-hydrogen) atoms. The van der Waals surface area contributed by atoms with Crippen LogP contribution in [-0.2, 0) is 27.4 Å². The van der Waals surface area contributed by atoms with E-state index in [9.17, 15) is 23.6 Å². The molecular formula is C29H34ClFN6O5. The van der Waals surface area contributed by atoms with Crippen molar-refractivity contribution >= 4 is 46.3 Å². The number of benzene rings is 2. The Morgan fingerprint density at radius 1 is 1.12 bits per heavy atom. The number of halogens is 2. The molecule has 2 heterocycles. The average Bonchev–Trinajstić information content (AvgIpc) is 3.30. The van der Waals surface area contributed by atoms with Gasteiger partial charge in [-0.05, 0) is 45.7 Å². The second kappa shape index (κ2) is 12.8. The van der Waals surface area contributed by atoms with Crippen molar-refractivity contribution in [2.45, 2.75) is 58.3 Å². The number of fused-ring (bicyclic) bond motifs is 1. The maximum atomic E-state index is 14.3. The monoisotopic (exact) mass is 600 g/mol. The first-order valence-electron chi connectivity index (χ1n) is 13.6. The lowest BCUT2D eigenvalue weighted by Crippen LogP contribution is -2.52. The van der Waals surface area contributed by atoms with E-state index < -0.39 is 35.2 Å². The van der Waals surface area contributed by atoms with E-state index in [-0.39, 0.29) is 42.0 Å². The van der Waals surface area contributed by atoms with Gasteiger partial charge in [0.2, 0.25) is 11.8 Å². The van der Waals surface area contributed by atoms with Gasteiger partial charge in [-0.25, -0.2) is 9.18 Å². The smallest absolute Gasteiger partial charge is 0.410 e. The van der Waals surface area contributed by atoms with Crippen molar-refractivity contribution in [1.82, 2.24) is 24.9 Å². The van der Waals surface area contributed by atoms with Gasteiger partial charge >= 0.3 is 6.09 Å². The summed E-state index contributed by atoms with van der Waals surface area (Å²) in [6.45, 7) is 5.34. The first-order chi connectivity index (χ1) is 19.8. The van der Waals surface area contributed by atoms with E-state index in [1.165, 1.54) is 21.7 Å². The number of aromatic nitrogens is 2. The number of likely N-dealkylation sites (tertiary alicyclic amines) is 1. The number of amides is 4. The van der Waals surface area contributed by atoms with Crippen molar-refractivity contribution in [2.75, 3.05) is 19.6 Å². The van der Waals surface area contributed by atoms with Crippen molar-refractivity contribution in [3.63, 3.8) is 0 Å². The lowest BCUT2D eigenvalue weighted by molar-refractivity contribution is -0.140. The molecule has 0 bridgehead atoms. The van der Waals surface area contributed by atoms with Crippen molar-refractivity contribution in [3.05, 3.63) is 64.6 Å². The maximum Gasteiger partial charge on any atom is 0.410 e. The molecule has 1 aliphatic heterocycles. The van der Waals surface area contributed by atoms with E-state index in [1.54, 1.807) is 56.0 Å².